The topological polar surface area (TPSA) is 44.0 Å². The zero-order chi connectivity index (χ0) is 11.5. The summed E-state index contributed by atoms with van der Waals surface area (Å²) >= 11 is 0. The monoisotopic (exact) mass is 209 g/mol. The molecule has 0 heterocycles. The molecule has 1 N–H and O–H groups in total. The Kier molecular flexibility index (Phi) is 2.72. The maximum absolute atomic E-state index is 9.83. The van der Waals surface area contributed by atoms with Crippen molar-refractivity contribution in [1.29, 1.82) is 5.26 Å². The summed E-state index contributed by atoms with van der Waals surface area (Å²) in [7, 11) is 0. The van der Waals surface area contributed by atoms with E-state index in [0.717, 1.165) is 10.8 Å². The Morgan fingerprint density at radius 3 is 2.56 bits per heavy atom. The Labute approximate surface area is 94.1 Å². The van der Waals surface area contributed by atoms with E-state index in [0.29, 0.717) is 5.56 Å². The highest BCUT2D eigenvalue weighted by Gasteiger charge is 2.11. The van der Waals surface area contributed by atoms with Gasteiger partial charge in [-0.1, -0.05) is 43.0 Å². The van der Waals surface area contributed by atoms with Gasteiger partial charge >= 0.3 is 0 Å². The van der Waals surface area contributed by atoms with Crippen LogP contribution in [-0.4, -0.2) is 5.11 Å². The van der Waals surface area contributed by atoms with E-state index in [9.17, 15) is 5.11 Å². The molecule has 0 bridgehead atoms. The zero-order valence-corrected chi connectivity index (χ0v) is 8.72. The van der Waals surface area contributed by atoms with E-state index in [-0.39, 0.29) is 5.57 Å². The van der Waals surface area contributed by atoms with Crippen molar-refractivity contribution in [3.8, 4) is 6.07 Å². The summed E-state index contributed by atoms with van der Waals surface area (Å²) in [4.78, 5) is 0. The number of hydrogen-bond acceptors (Lipinski definition) is 2. The highest BCUT2D eigenvalue weighted by atomic mass is 16.3. The molecule has 1 atom stereocenters. The second-order valence-corrected chi connectivity index (χ2v) is 3.65. The van der Waals surface area contributed by atoms with E-state index < -0.39 is 6.10 Å². The molecule has 0 amide bonds. The van der Waals surface area contributed by atoms with Crippen LogP contribution in [0.15, 0.2) is 54.6 Å². The molecule has 0 radical (unpaired) electrons. The number of nitriles is 1. The van der Waals surface area contributed by atoms with Crippen molar-refractivity contribution in [3.63, 3.8) is 0 Å². The molecule has 1 unspecified atom stereocenters. The zero-order valence-electron chi connectivity index (χ0n) is 8.72. The van der Waals surface area contributed by atoms with Crippen LogP contribution in [0, 0.1) is 11.3 Å². The highest BCUT2D eigenvalue weighted by molar-refractivity contribution is 5.83. The number of nitrogens with zero attached hydrogens (tertiary/aromatic N) is 1. The summed E-state index contributed by atoms with van der Waals surface area (Å²) in [5.41, 5.74) is 0.862. The minimum absolute atomic E-state index is 0.162. The molecule has 0 aliphatic carbocycles. The average molecular weight is 209 g/mol. The second-order valence-electron chi connectivity index (χ2n) is 3.65. The van der Waals surface area contributed by atoms with E-state index in [1.54, 1.807) is 0 Å². The van der Waals surface area contributed by atoms with Crippen molar-refractivity contribution in [3.05, 3.63) is 60.2 Å². The minimum Gasteiger partial charge on any atom is -0.383 e. The number of benzene rings is 2. The van der Waals surface area contributed by atoms with Gasteiger partial charge in [-0.25, -0.2) is 0 Å². The summed E-state index contributed by atoms with van der Waals surface area (Å²) in [6.07, 6.45) is -0.908. The van der Waals surface area contributed by atoms with Gasteiger partial charge in [0.25, 0.3) is 0 Å². The standard InChI is InChI=1S/C14H11NO/c1-10(9-15)14(16)13-7-6-11-4-2-3-5-12(11)8-13/h2-8,14,16H,1H2. The highest BCUT2D eigenvalue weighted by Crippen LogP contribution is 2.23. The SMILES string of the molecule is C=C(C#N)C(O)c1ccc2ccccc2c1. The number of aliphatic hydroxyl groups is 1. The molecule has 0 aromatic heterocycles. The van der Waals surface area contributed by atoms with E-state index in [1.165, 1.54) is 0 Å². The van der Waals surface area contributed by atoms with E-state index in [1.807, 2.05) is 48.5 Å². The van der Waals surface area contributed by atoms with Crippen LogP contribution in [0.4, 0.5) is 0 Å². The van der Waals surface area contributed by atoms with Gasteiger partial charge in [-0.05, 0) is 22.4 Å². The lowest BCUT2D eigenvalue weighted by atomic mass is 10.00. The van der Waals surface area contributed by atoms with Crippen LogP contribution < -0.4 is 0 Å². The van der Waals surface area contributed by atoms with Crippen LogP contribution in [0.2, 0.25) is 0 Å². The first kappa shape index (κ1) is 10.4. The summed E-state index contributed by atoms with van der Waals surface area (Å²) < 4.78 is 0. The molecule has 2 aromatic rings. The molecule has 0 fully saturated rings. The van der Waals surface area contributed by atoms with Gasteiger partial charge in [0.2, 0.25) is 0 Å². The maximum atomic E-state index is 9.83. The van der Waals surface area contributed by atoms with Crippen LogP contribution in [0.5, 0.6) is 0 Å². The van der Waals surface area contributed by atoms with Crippen molar-refractivity contribution in [2.75, 3.05) is 0 Å². The molecular formula is C14H11NO. The molecule has 0 aliphatic rings. The third-order valence-electron chi connectivity index (χ3n) is 2.56. The predicted molar refractivity (Wildman–Crippen MR) is 63.7 cm³/mol. The predicted octanol–water partition coefficient (Wildman–Crippen LogP) is 2.95. The van der Waals surface area contributed by atoms with Gasteiger partial charge in [-0.15, -0.1) is 0 Å². The lowest BCUT2D eigenvalue weighted by Gasteiger charge is -2.09. The number of fused-ring (bicyclic) bond motifs is 1. The number of hydrogen-bond donors (Lipinski definition) is 1. The van der Waals surface area contributed by atoms with Gasteiger partial charge in [0.1, 0.15) is 6.10 Å². The Balaban J connectivity index is 2.48. The molecule has 16 heavy (non-hydrogen) atoms. The van der Waals surface area contributed by atoms with Crippen LogP contribution in [0.3, 0.4) is 0 Å². The summed E-state index contributed by atoms with van der Waals surface area (Å²) in [5.74, 6) is 0. The molecule has 2 rings (SSSR count). The fourth-order valence-electron chi connectivity index (χ4n) is 1.64. The summed E-state index contributed by atoms with van der Waals surface area (Å²) in [6.45, 7) is 3.52. The van der Waals surface area contributed by atoms with E-state index in [2.05, 4.69) is 6.58 Å². The summed E-state index contributed by atoms with van der Waals surface area (Å²) in [6, 6.07) is 15.4. The van der Waals surface area contributed by atoms with Crippen molar-refractivity contribution in [1.82, 2.24) is 0 Å². The van der Waals surface area contributed by atoms with Crippen molar-refractivity contribution in [2.45, 2.75) is 6.10 Å². The first-order chi connectivity index (χ1) is 7.72. The Bertz CT molecular complexity index is 581. The first-order valence-electron chi connectivity index (χ1n) is 4.98. The molecule has 78 valence electrons. The number of rotatable bonds is 2. The van der Waals surface area contributed by atoms with Crippen LogP contribution in [-0.2, 0) is 0 Å². The lowest BCUT2D eigenvalue weighted by molar-refractivity contribution is 0.221. The van der Waals surface area contributed by atoms with Crippen LogP contribution in [0.1, 0.15) is 11.7 Å². The van der Waals surface area contributed by atoms with Gasteiger partial charge in [-0.2, -0.15) is 5.26 Å². The fourth-order valence-corrected chi connectivity index (χ4v) is 1.64. The molecular weight excluding hydrogens is 198 g/mol. The van der Waals surface area contributed by atoms with Gasteiger partial charge in [0.15, 0.2) is 0 Å². The van der Waals surface area contributed by atoms with Gasteiger partial charge in [0, 0.05) is 0 Å². The Hall–Kier alpha value is -2.11. The maximum Gasteiger partial charge on any atom is 0.113 e. The van der Waals surface area contributed by atoms with Gasteiger partial charge < -0.3 is 5.11 Å². The number of aliphatic hydroxyl groups excluding tert-OH is 1. The average Bonchev–Trinajstić information content (AvgIpc) is 2.36. The molecule has 2 nitrogen and oxygen atoms in total. The van der Waals surface area contributed by atoms with Crippen LogP contribution in [0.25, 0.3) is 10.8 Å². The third-order valence-corrected chi connectivity index (χ3v) is 2.56. The van der Waals surface area contributed by atoms with Crippen molar-refractivity contribution < 1.29 is 5.11 Å². The Morgan fingerprint density at radius 2 is 1.88 bits per heavy atom. The second kappa shape index (κ2) is 4.18. The molecule has 2 heteroatoms. The summed E-state index contributed by atoms with van der Waals surface area (Å²) in [5, 5.41) is 20.7. The smallest absolute Gasteiger partial charge is 0.113 e. The molecule has 2 aromatic carbocycles. The molecule has 0 spiro atoms. The minimum atomic E-state index is -0.908. The van der Waals surface area contributed by atoms with E-state index in [4.69, 9.17) is 5.26 Å². The fraction of sp³-hybridized carbons (Fsp3) is 0.0714. The van der Waals surface area contributed by atoms with E-state index >= 15 is 0 Å². The third kappa shape index (κ3) is 1.81. The lowest BCUT2D eigenvalue weighted by Crippen LogP contribution is -1.98. The molecule has 0 saturated heterocycles. The van der Waals surface area contributed by atoms with Crippen molar-refractivity contribution in [2.24, 2.45) is 0 Å². The molecule has 0 aliphatic heterocycles. The Morgan fingerprint density at radius 1 is 1.19 bits per heavy atom. The van der Waals surface area contributed by atoms with Crippen LogP contribution >= 0.6 is 0 Å². The quantitative estimate of drug-likeness (QED) is 0.773. The largest absolute Gasteiger partial charge is 0.383 e. The van der Waals surface area contributed by atoms with Crippen molar-refractivity contribution >= 4 is 10.8 Å². The van der Waals surface area contributed by atoms with Gasteiger partial charge in [0.05, 0.1) is 11.6 Å². The first-order valence-corrected chi connectivity index (χ1v) is 4.98. The van der Waals surface area contributed by atoms with Gasteiger partial charge in [-0.3, -0.25) is 0 Å². The normalized spacial score (nSPS) is 12.0. The molecule has 0 saturated carbocycles.